The molecule has 0 spiro atoms. The maximum Gasteiger partial charge on any atom is 0.303 e. The van der Waals surface area contributed by atoms with E-state index < -0.39 is 5.97 Å². The summed E-state index contributed by atoms with van der Waals surface area (Å²) in [5.74, 6) is -0.312. The quantitative estimate of drug-likeness (QED) is 0.907. The van der Waals surface area contributed by atoms with E-state index in [1.54, 1.807) is 11.3 Å². The van der Waals surface area contributed by atoms with Gasteiger partial charge < -0.3 is 10.0 Å². The molecular formula is C16H23NO3S. The fourth-order valence-electron chi connectivity index (χ4n) is 2.94. The number of carbonyl (C=O) groups is 2. The Kier molecular flexibility index (Phi) is 5.39. The van der Waals surface area contributed by atoms with E-state index in [-0.39, 0.29) is 12.3 Å². The Hall–Kier alpha value is -1.36. The van der Waals surface area contributed by atoms with Crippen molar-refractivity contribution in [2.45, 2.75) is 46.0 Å². The maximum absolute atomic E-state index is 12.6. The number of thiophene rings is 1. The van der Waals surface area contributed by atoms with E-state index >= 15 is 0 Å². The second kappa shape index (κ2) is 7.07. The third-order valence-corrected chi connectivity index (χ3v) is 5.27. The highest BCUT2D eigenvalue weighted by atomic mass is 32.1. The van der Waals surface area contributed by atoms with E-state index in [4.69, 9.17) is 5.11 Å². The molecule has 1 amide bonds. The van der Waals surface area contributed by atoms with Crippen LogP contribution in [0.15, 0.2) is 6.07 Å². The normalized spacial score (nSPS) is 18.8. The van der Waals surface area contributed by atoms with E-state index in [2.05, 4.69) is 13.8 Å². The Morgan fingerprint density at radius 3 is 2.86 bits per heavy atom. The molecule has 1 fully saturated rings. The summed E-state index contributed by atoms with van der Waals surface area (Å²) in [6.07, 6.45) is 3.83. The van der Waals surface area contributed by atoms with Crippen LogP contribution in [0.2, 0.25) is 0 Å². The lowest BCUT2D eigenvalue weighted by Crippen LogP contribution is -2.39. The Labute approximate surface area is 129 Å². The maximum atomic E-state index is 12.6. The van der Waals surface area contributed by atoms with Gasteiger partial charge in [-0.15, -0.1) is 11.3 Å². The second-order valence-electron chi connectivity index (χ2n) is 5.74. The number of hydrogen-bond donors (Lipinski definition) is 1. The lowest BCUT2D eigenvalue weighted by molar-refractivity contribution is -0.137. The Morgan fingerprint density at radius 1 is 1.48 bits per heavy atom. The smallest absolute Gasteiger partial charge is 0.303 e. The molecule has 1 aliphatic heterocycles. The van der Waals surface area contributed by atoms with Crippen LogP contribution in [0.1, 0.15) is 52.7 Å². The predicted molar refractivity (Wildman–Crippen MR) is 83.9 cm³/mol. The minimum atomic E-state index is -0.750. The molecule has 2 heterocycles. The largest absolute Gasteiger partial charge is 0.481 e. The average molecular weight is 309 g/mol. The first-order valence-electron chi connectivity index (χ1n) is 7.61. The molecule has 4 nitrogen and oxygen atoms in total. The summed E-state index contributed by atoms with van der Waals surface area (Å²) >= 11 is 1.57. The van der Waals surface area contributed by atoms with Gasteiger partial charge in [-0.2, -0.15) is 0 Å². The molecule has 21 heavy (non-hydrogen) atoms. The molecule has 0 bridgehead atoms. The lowest BCUT2D eigenvalue weighted by atomic mass is 9.93. The highest BCUT2D eigenvalue weighted by Gasteiger charge is 2.26. The van der Waals surface area contributed by atoms with Crippen molar-refractivity contribution in [3.63, 3.8) is 0 Å². The van der Waals surface area contributed by atoms with Crippen LogP contribution in [0.3, 0.4) is 0 Å². The summed E-state index contributed by atoms with van der Waals surface area (Å²) in [6.45, 7) is 5.66. The van der Waals surface area contributed by atoms with Crippen molar-refractivity contribution in [1.29, 1.82) is 0 Å². The molecule has 0 radical (unpaired) electrons. The fourth-order valence-corrected chi connectivity index (χ4v) is 4.03. The van der Waals surface area contributed by atoms with Gasteiger partial charge in [-0.05, 0) is 50.2 Å². The van der Waals surface area contributed by atoms with Crippen molar-refractivity contribution in [1.82, 2.24) is 4.90 Å². The summed E-state index contributed by atoms with van der Waals surface area (Å²) in [5.41, 5.74) is 1.25. The second-order valence-corrected chi connectivity index (χ2v) is 6.99. The lowest BCUT2D eigenvalue weighted by Gasteiger charge is -2.32. The number of carbonyl (C=O) groups excluding carboxylic acids is 1. The summed E-state index contributed by atoms with van der Waals surface area (Å²) in [6, 6.07) is 2.02. The third kappa shape index (κ3) is 4.06. The minimum Gasteiger partial charge on any atom is -0.481 e. The Balaban J connectivity index is 1.99. The molecule has 2 rings (SSSR count). The number of hydrogen-bond acceptors (Lipinski definition) is 3. The van der Waals surface area contributed by atoms with Gasteiger partial charge in [0.2, 0.25) is 0 Å². The Morgan fingerprint density at radius 2 is 2.24 bits per heavy atom. The topological polar surface area (TPSA) is 57.6 Å². The van der Waals surface area contributed by atoms with Gasteiger partial charge in [-0.3, -0.25) is 9.59 Å². The molecule has 0 aliphatic carbocycles. The van der Waals surface area contributed by atoms with Gasteiger partial charge in [0, 0.05) is 24.4 Å². The standard InChI is InChI=1S/C16H23NO3S/c1-3-13-9-14(21-11(13)2)16(20)17-8-4-5-12(10-17)6-7-15(18)19/h9,12H,3-8,10H2,1-2H3,(H,18,19)/t12-/m1/s1. The number of aryl methyl sites for hydroxylation is 2. The molecular weight excluding hydrogens is 286 g/mol. The van der Waals surface area contributed by atoms with Crippen molar-refractivity contribution < 1.29 is 14.7 Å². The summed E-state index contributed by atoms with van der Waals surface area (Å²) in [7, 11) is 0. The molecule has 1 atom stereocenters. The first kappa shape index (κ1) is 16.0. The van der Waals surface area contributed by atoms with Gasteiger partial charge >= 0.3 is 5.97 Å². The van der Waals surface area contributed by atoms with Crippen molar-refractivity contribution in [3.8, 4) is 0 Å². The highest BCUT2D eigenvalue weighted by molar-refractivity contribution is 7.14. The number of piperidine rings is 1. The van der Waals surface area contributed by atoms with E-state index in [9.17, 15) is 9.59 Å². The number of rotatable bonds is 5. The van der Waals surface area contributed by atoms with Crippen molar-refractivity contribution in [2.75, 3.05) is 13.1 Å². The molecule has 0 aromatic carbocycles. The van der Waals surface area contributed by atoms with Crippen LogP contribution in [0.4, 0.5) is 0 Å². The van der Waals surface area contributed by atoms with Crippen molar-refractivity contribution in [2.24, 2.45) is 5.92 Å². The molecule has 0 saturated carbocycles. The number of amides is 1. The molecule has 1 aliphatic rings. The number of nitrogens with zero attached hydrogens (tertiary/aromatic N) is 1. The predicted octanol–water partition coefficient (Wildman–Crippen LogP) is 3.34. The van der Waals surface area contributed by atoms with Crippen LogP contribution in [0.25, 0.3) is 0 Å². The molecule has 0 unspecified atom stereocenters. The molecule has 1 saturated heterocycles. The van der Waals surface area contributed by atoms with Crippen LogP contribution in [0, 0.1) is 12.8 Å². The number of aliphatic carboxylic acids is 1. The molecule has 1 N–H and O–H groups in total. The highest BCUT2D eigenvalue weighted by Crippen LogP contribution is 2.27. The summed E-state index contributed by atoms with van der Waals surface area (Å²) in [4.78, 5) is 27.2. The van der Waals surface area contributed by atoms with Gasteiger partial charge in [-0.25, -0.2) is 0 Å². The molecule has 1 aromatic rings. The van der Waals surface area contributed by atoms with Crippen LogP contribution in [-0.4, -0.2) is 35.0 Å². The zero-order valence-electron chi connectivity index (χ0n) is 12.7. The summed E-state index contributed by atoms with van der Waals surface area (Å²) < 4.78 is 0. The van der Waals surface area contributed by atoms with Crippen LogP contribution in [-0.2, 0) is 11.2 Å². The van der Waals surface area contributed by atoms with Crippen LogP contribution >= 0.6 is 11.3 Å². The molecule has 116 valence electrons. The first-order valence-corrected chi connectivity index (χ1v) is 8.43. The zero-order chi connectivity index (χ0) is 15.4. The zero-order valence-corrected chi connectivity index (χ0v) is 13.5. The van der Waals surface area contributed by atoms with Crippen molar-refractivity contribution >= 4 is 23.2 Å². The minimum absolute atomic E-state index is 0.114. The van der Waals surface area contributed by atoms with Gasteiger partial charge in [0.1, 0.15) is 0 Å². The average Bonchev–Trinajstić information content (AvgIpc) is 2.85. The van der Waals surface area contributed by atoms with Gasteiger partial charge in [0.05, 0.1) is 4.88 Å². The number of likely N-dealkylation sites (tertiary alicyclic amines) is 1. The van der Waals surface area contributed by atoms with Gasteiger partial charge in [0.15, 0.2) is 0 Å². The van der Waals surface area contributed by atoms with Gasteiger partial charge in [-0.1, -0.05) is 6.92 Å². The third-order valence-electron chi connectivity index (χ3n) is 4.18. The summed E-state index contributed by atoms with van der Waals surface area (Å²) in [5, 5.41) is 8.78. The molecule has 5 heteroatoms. The number of carboxylic acid groups (broad SMARTS) is 1. The van der Waals surface area contributed by atoms with Crippen LogP contribution < -0.4 is 0 Å². The first-order chi connectivity index (χ1) is 10.0. The molecule has 1 aromatic heterocycles. The Bertz CT molecular complexity index is 524. The van der Waals surface area contributed by atoms with E-state index in [1.165, 1.54) is 10.4 Å². The number of carboxylic acids is 1. The van der Waals surface area contributed by atoms with Crippen molar-refractivity contribution in [3.05, 3.63) is 21.4 Å². The van der Waals surface area contributed by atoms with E-state index in [0.29, 0.717) is 18.9 Å². The fraction of sp³-hybridized carbons (Fsp3) is 0.625. The van der Waals surface area contributed by atoms with Crippen LogP contribution in [0.5, 0.6) is 0 Å². The van der Waals surface area contributed by atoms with E-state index in [0.717, 1.165) is 30.7 Å². The van der Waals surface area contributed by atoms with Gasteiger partial charge in [0.25, 0.3) is 5.91 Å². The SMILES string of the molecule is CCc1cc(C(=O)N2CCC[C@H](CCC(=O)O)C2)sc1C. The van der Waals surface area contributed by atoms with E-state index in [1.807, 2.05) is 11.0 Å². The monoisotopic (exact) mass is 309 g/mol.